The monoisotopic (exact) mass is 185 g/mol. The highest BCUT2D eigenvalue weighted by Crippen LogP contribution is 2.21. The summed E-state index contributed by atoms with van der Waals surface area (Å²) >= 11 is 0. The summed E-state index contributed by atoms with van der Waals surface area (Å²) in [6, 6.07) is 0. The minimum absolute atomic E-state index is 0.152. The van der Waals surface area contributed by atoms with Crippen LogP contribution >= 0.6 is 0 Å². The van der Waals surface area contributed by atoms with Gasteiger partial charge in [-0.1, -0.05) is 13.8 Å². The molecule has 0 saturated carbocycles. The number of hydrogen-bond acceptors (Lipinski definition) is 2. The molecule has 3 nitrogen and oxygen atoms in total. The maximum absolute atomic E-state index is 11.4. The van der Waals surface area contributed by atoms with Gasteiger partial charge in [-0.25, -0.2) is 4.79 Å². The van der Waals surface area contributed by atoms with Gasteiger partial charge in [-0.05, 0) is 25.2 Å². The highest BCUT2D eigenvalue weighted by Gasteiger charge is 2.25. The van der Waals surface area contributed by atoms with Gasteiger partial charge in [0.05, 0.1) is 6.61 Å². The van der Waals surface area contributed by atoms with Crippen molar-refractivity contribution in [1.29, 1.82) is 0 Å². The van der Waals surface area contributed by atoms with Crippen molar-refractivity contribution in [3.05, 3.63) is 0 Å². The Bertz CT molecular complexity index is 172. The van der Waals surface area contributed by atoms with Gasteiger partial charge in [0.25, 0.3) is 0 Å². The molecule has 1 fully saturated rings. The lowest BCUT2D eigenvalue weighted by Crippen LogP contribution is -2.42. The van der Waals surface area contributed by atoms with Gasteiger partial charge in [-0.2, -0.15) is 0 Å². The van der Waals surface area contributed by atoms with E-state index >= 15 is 0 Å². The van der Waals surface area contributed by atoms with E-state index in [9.17, 15) is 4.79 Å². The number of ether oxygens (including phenoxy) is 1. The van der Waals surface area contributed by atoms with Crippen LogP contribution in [-0.4, -0.2) is 30.7 Å². The third-order valence-electron chi connectivity index (χ3n) is 2.39. The maximum Gasteiger partial charge on any atom is 0.409 e. The van der Waals surface area contributed by atoms with Crippen LogP contribution in [-0.2, 0) is 4.74 Å². The lowest BCUT2D eigenvalue weighted by Gasteiger charge is -2.34. The van der Waals surface area contributed by atoms with E-state index in [1.54, 1.807) is 0 Å². The molecule has 1 rings (SSSR count). The fourth-order valence-electron chi connectivity index (χ4n) is 2.03. The van der Waals surface area contributed by atoms with E-state index in [1.165, 1.54) is 6.42 Å². The number of carbonyl (C=O) groups is 1. The van der Waals surface area contributed by atoms with Crippen LogP contribution in [0.2, 0.25) is 0 Å². The zero-order valence-electron chi connectivity index (χ0n) is 8.75. The normalized spacial score (nSPS) is 28.7. The van der Waals surface area contributed by atoms with Crippen molar-refractivity contribution in [2.24, 2.45) is 11.8 Å². The summed E-state index contributed by atoms with van der Waals surface area (Å²) < 4.78 is 4.96. The van der Waals surface area contributed by atoms with E-state index in [4.69, 9.17) is 4.74 Å². The van der Waals surface area contributed by atoms with Crippen LogP contribution in [0, 0.1) is 11.8 Å². The van der Waals surface area contributed by atoms with Gasteiger partial charge in [0.15, 0.2) is 0 Å². The molecule has 76 valence electrons. The van der Waals surface area contributed by atoms with E-state index in [-0.39, 0.29) is 6.09 Å². The first-order valence-electron chi connectivity index (χ1n) is 5.05. The molecule has 0 radical (unpaired) electrons. The summed E-state index contributed by atoms with van der Waals surface area (Å²) in [5.74, 6) is 1.21. The fraction of sp³-hybridized carbons (Fsp3) is 0.900. The molecule has 0 aromatic carbocycles. The van der Waals surface area contributed by atoms with Crippen LogP contribution < -0.4 is 0 Å². The van der Waals surface area contributed by atoms with E-state index in [0.717, 1.165) is 13.1 Å². The highest BCUT2D eigenvalue weighted by molar-refractivity contribution is 5.67. The molecular weight excluding hydrogens is 166 g/mol. The quantitative estimate of drug-likeness (QED) is 0.626. The summed E-state index contributed by atoms with van der Waals surface area (Å²) in [6.07, 6.45) is 1.07. The lowest BCUT2D eigenvalue weighted by atomic mass is 9.92. The first-order chi connectivity index (χ1) is 6.13. The minimum atomic E-state index is -0.152. The number of nitrogens with zero attached hydrogens (tertiary/aromatic N) is 1. The summed E-state index contributed by atoms with van der Waals surface area (Å²) in [5, 5.41) is 0. The molecule has 0 aromatic heterocycles. The molecule has 13 heavy (non-hydrogen) atoms. The van der Waals surface area contributed by atoms with Crippen molar-refractivity contribution in [2.45, 2.75) is 27.2 Å². The van der Waals surface area contributed by atoms with Crippen molar-refractivity contribution < 1.29 is 9.53 Å². The summed E-state index contributed by atoms with van der Waals surface area (Å²) in [7, 11) is 0. The topological polar surface area (TPSA) is 29.5 Å². The second kappa shape index (κ2) is 4.49. The number of rotatable bonds is 1. The Morgan fingerprint density at radius 2 is 1.92 bits per heavy atom. The fourth-order valence-corrected chi connectivity index (χ4v) is 2.03. The van der Waals surface area contributed by atoms with Crippen LogP contribution in [0.4, 0.5) is 4.79 Å². The molecule has 1 amide bonds. The Morgan fingerprint density at radius 1 is 1.38 bits per heavy atom. The molecular formula is C10H19NO2. The summed E-state index contributed by atoms with van der Waals surface area (Å²) in [5.41, 5.74) is 0. The maximum atomic E-state index is 11.4. The number of carbonyl (C=O) groups excluding carboxylic acids is 1. The zero-order valence-corrected chi connectivity index (χ0v) is 8.75. The van der Waals surface area contributed by atoms with Crippen LogP contribution in [0.25, 0.3) is 0 Å². The van der Waals surface area contributed by atoms with Gasteiger partial charge < -0.3 is 9.64 Å². The van der Waals surface area contributed by atoms with E-state index < -0.39 is 0 Å². The van der Waals surface area contributed by atoms with Gasteiger partial charge in [-0.15, -0.1) is 0 Å². The molecule has 1 aliphatic heterocycles. The molecule has 3 heteroatoms. The average Bonchev–Trinajstić information content (AvgIpc) is 2.03. The van der Waals surface area contributed by atoms with Crippen molar-refractivity contribution in [3.63, 3.8) is 0 Å². The largest absolute Gasteiger partial charge is 0.450 e. The van der Waals surface area contributed by atoms with Gasteiger partial charge in [0.1, 0.15) is 0 Å². The van der Waals surface area contributed by atoms with Crippen LogP contribution in [0.3, 0.4) is 0 Å². The van der Waals surface area contributed by atoms with E-state index in [1.807, 2.05) is 11.8 Å². The molecule has 0 unspecified atom stereocenters. The van der Waals surface area contributed by atoms with Crippen LogP contribution in [0.15, 0.2) is 0 Å². The first kappa shape index (κ1) is 10.4. The van der Waals surface area contributed by atoms with Crippen LogP contribution in [0.1, 0.15) is 27.2 Å². The summed E-state index contributed by atoms with van der Waals surface area (Å²) in [6.45, 7) is 8.38. The Morgan fingerprint density at radius 3 is 2.38 bits per heavy atom. The predicted octanol–water partition coefficient (Wildman–Crippen LogP) is 2.12. The van der Waals surface area contributed by atoms with Crippen molar-refractivity contribution in [2.75, 3.05) is 19.7 Å². The number of piperidine rings is 1. The second-order valence-corrected chi connectivity index (χ2v) is 4.05. The Kier molecular flexibility index (Phi) is 3.58. The molecule has 0 N–H and O–H groups in total. The third kappa shape index (κ3) is 2.90. The molecule has 0 aromatic rings. The number of amides is 1. The highest BCUT2D eigenvalue weighted by atomic mass is 16.6. The smallest absolute Gasteiger partial charge is 0.409 e. The minimum Gasteiger partial charge on any atom is -0.450 e. The molecule has 0 bridgehead atoms. The molecule has 1 heterocycles. The molecule has 2 atom stereocenters. The van der Waals surface area contributed by atoms with Crippen LogP contribution in [0.5, 0.6) is 0 Å². The second-order valence-electron chi connectivity index (χ2n) is 4.05. The molecule has 0 aliphatic carbocycles. The molecule has 1 saturated heterocycles. The van der Waals surface area contributed by atoms with Crippen molar-refractivity contribution in [1.82, 2.24) is 4.90 Å². The van der Waals surface area contributed by atoms with E-state index in [0.29, 0.717) is 18.4 Å². The Labute approximate surface area is 80.1 Å². The SMILES string of the molecule is CCOC(=O)N1C[C@H](C)C[C@H](C)C1. The lowest BCUT2D eigenvalue weighted by molar-refractivity contribution is 0.0780. The molecule has 0 spiro atoms. The Balaban J connectivity index is 2.45. The van der Waals surface area contributed by atoms with Gasteiger partial charge >= 0.3 is 6.09 Å². The number of hydrogen-bond donors (Lipinski definition) is 0. The molecule has 1 aliphatic rings. The standard InChI is InChI=1S/C10H19NO2/c1-4-13-10(12)11-6-8(2)5-9(3)7-11/h8-9H,4-7H2,1-3H3/t8-,9+. The first-order valence-corrected chi connectivity index (χ1v) is 5.05. The van der Waals surface area contributed by atoms with Crippen molar-refractivity contribution >= 4 is 6.09 Å². The number of likely N-dealkylation sites (tertiary alicyclic amines) is 1. The zero-order chi connectivity index (χ0) is 9.84. The van der Waals surface area contributed by atoms with Gasteiger partial charge in [0, 0.05) is 13.1 Å². The van der Waals surface area contributed by atoms with Crippen molar-refractivity contribution in [3.8, 4) is 0 Å². The average molecular weight is 185 g/mol. The summed E-state index contributed by atoms with van der Waals surface area (Å²) in [4.78, 5) is 13.2. The third-order valence-corrected chi connectivity index (χ3v) is 2.39. The van der Waals surface area contributed by atoms with E-state index in [2.05, 4.69) is 13.8 Å². The van der Waals surface area contributed by atoms with Gasteiger partial charge in [0.2, 0.25) is 0 Å². The van der Waals surface area contributed by atoms with Gasteiger partial charge in [-0.3, -0.25) is 0 Å². The predicted molar refractivity (Wildman–Crippen MR) is 51.5 cm³/mol. The Hall–Kier alpha value is -0.730.